The first-order valence-corrected chi connectivity index (χ1v) is 6.38. The molecule has 0 aromatic carbocycles. The van der Waals surface area contributed by atoms with E-state index in [-0.39, 0.29) is 22.3 Å². The van der Waals surface area contributed by atoms with E-state index in [1.54, 1.807) is 6.92 Å². The van der Waals surface area contributed by atoms with Crippen molar-refractivity contribution in [3.8, 4) is 0 Å². The molecule has 1 rings (SSSR count). The Balaban J connectivity index is 2.37. The average molecular weight is 341 g/mol. The second kappa shape index (κ2) is 5.81. The third-order valence-electron chi connectivity index (χ3n) is 2.60. The molecule has 2 unspecified atom stereocenters. The zero-order valence-corrected chi connectivity index (χ0v) is 11.6. The van der Waals surface area contributed by atoms with Gasteiger partial charge in [0.05, 0.1) is 7.11 Å². The minimum atomic E-state index is -0.730. The van der Waals surface area contributed by atoms with Gasteiger partial charge < -0.3 is 14.8 Å². The maximum atomic E-state index is 11.8. The number of ether oxygens (including phenoxy) is 2. The molecule has 0 saturated carbocycles. The van der Waals surface area contributed by atoms with Crippen LogP contribution in [0.1, 0.15) is 19.8 Å². The molecule has 0 spiro atoms. The number of esters is 1. The lowest BCUT2D eigenvalue weighted by Crippen LogP contribution is -2.46. The molecule has 1 aliphatic rings. The van der Waals surface area contributed by atoms with E-state index in [0.29, 0.717) is 6.61 Å². The summed E-state index contributed by atoms with van der Waals surface area (Å²) in [5.41, 5.74) is -0.730. The number of carbonyl (C=O) groups excluding carboxylic acids is 2. The lowest BCUT2D eigenvalue weighted by atomic mass is 10.0. The highest BCUT2D eigenvalue weighted by molar-refractivity contribution is 14.1. The van der Waals surface area contributed by atoms with Crippen LogP contribution in [0.25, 0.3) is 0 Å². The van der Waals surface area contributed by atoms with Gasteiger partial charge in [0.1, 0.15) is 9.53 Å². The normalized spacial score (nSPS) is 26.2. The Labute approximate surface area is 108 Å². The molecule has 16 heavy (non-hydrogen) atoms. The van der Waals surface area contributed by atoms with Crippen molar-refractivity contribution in [2.45, 2.75) is 29.3 Å². The summed E-state index contributed by atoms with van der Waals surface area (Å²) in [6.07, 6.45) is 1.62. The zero-order valence-electron chi connectivity index (χ0n) is 9.42. The van der Waals surface area contributed by atoms with Crippen LogP contribution < -0.4 is 5.32 Å². The second-order valence-corrected chi connectivity index (χ2v) is 5.39. The summed E-state index contributed by atoms with van der Waals surface area (Å²) in [4.78, 5) is 22.9. The van der Waals surface area contributed by atoms with Gasteiger partial charge in [-0.3, -0.25) is 9.59 Å². The molecule has 0 aliphatic carbocycles. The molecule has 1 fully saturated rings. The highest BCUT2D eigenvalue weighted by Crippen LogP contribution is 2.24. The van der Waals surface area contributed by atoms with E-state index in [9.17, 15) is 9.59 Å². The van der Waals surface area contributed by atoms with Crippen LogP contribution in [-0.4, -0.2) is 41.7 Å². The third kappa shape index (κ3) is 3.31. The van der Waals surface area contributed by atoms with Gasteiger partial charge in [-0.05, 0) is 19.8 Å². The van der Waals surface area contributed by atoms with Gasteiger partial charge >= 0.3 is 5.97 Å². The number of alkyl halides is 1. The number of carbonyl (C=O) groups is 2. The summed E-state index contributed by atoms with van der Waals surface area (Å²) in [6.45, 7) is 2.66. The number of rotatable bonds is 4. The van der Waals surface area contributed by atoms with Crippen LogP contribution in [0.3, 0.4) is 0 Å². The highest BCUT2D eigenvalue weighted by atomic mass is 127. The van der Waals surface area contributed by atoms with Gasteiger partial charge in [0.2, 0.25) is 0 Å². The Morgan fingerprint density at radius 3 is 2.81 bits per heavy atom. The van der Waals surface area contributed by atoms with Crippen LogP contribution in [-0.2, 0) is 19.1 Å². The van der Waals surface area contributed by atoms with Gasteiger partial charge in [0, 0.05) is 13.2 Å². The van der Waals surface area contributed by atoms with Crippen LogP contribution in [0.4, 0.5) is 0 Å². The zero-order chi connectivity index (χ0) is 12.2. The summed E-state index contributed by atoms with van der Waals surface area (Å²) < 4.78 is 9.59. The Morgan fingerprint density at radius 1 is 1.62 bits per heavy atom. The van der Waals surface area contributed by atoms with E-state index in [4.69, 9.17) is 4.74 Å². The minimum absolute atomic E-state index is 0.157. The minimum Gasteiger partial charge on any atom is -0.468 e. The smallest absolute Gasteiger partial charge is 0.320 e. The Kier molecular flexibility index (Phi) is 4.97. The summed E-state index contributed by atoms with van der Waals surface area (Å²) in [6, 6.07) is 0. The molecule has 0 aromatic rings. The van der Waals surface area contributed by atoms with Crippen LogP contribution in [0.2, 0.25) is 0 Å². The van der Waals surface area contributed by atoms with Crippen molar-refractivity contribution in [3.05, 3.63) is 0 Å². The standard InChI is InChI=1S/C10H16INO4/c1-10(4-3-5-16-10)9(14)12-6-7(11)8(13)15-2/h7H,3-6H2,1-2H3,(H,12,14). The summed E-state index contributed by atoms with van der Waals surface area (Å²) in [5, 5.41) is 2.71. The van der Waals surface area contributed by atoms with Crippen molar-refractivity contribution < 1.29 is 19.1 Å². The molecular weight excluding hydrogens is 325 g/mol. The Bertz CT molecular complexity index is 276. The topological polar surface area (TPSA) is 64.6 Å². The number of hydrogen-bond donors (Lipinski definition) is 1. The van der Waals surface area contributed by atoms with E-state index in [1.807, 2.05) is 22.6 Å². The fraction of sp³-hybridized carbons (Fsp3) is 0.800. The predicted octanol–water partition coefficient (Wildman–Crippen LogP) is 0.648. The van der Waals surface area contributed by atoms with E-state index in [2.05, 4.69) is 10.1 Å². The van der Waals surface area contributed by atoms with Gasteiger partial charge in [0.25, 0.3) is 5.91 Å². The van der Waals surface area contributed by atoms with Gasteiger partial charge in [-0.25, -0.2) is 0 Å². The predicted molar refractivity (Wildman–Crippen MR) is 66.4 cm³/mol. The fourth-order valence-corrected chi connectivity index (χ4v) is 2.01. The first-order chi connectivity index (χ1) is 7.49. The van der Waals surface area contributed by atoms with Crippen molar-refractivity contribution in [1.82, 2.24) is 5.32 Å². The third-order valence-corrected chi connectivity index (χ3v) is 3.55. The number of nitrogens with one attached hydrogen (secondary N) is 1. The van der Waals surface area contributed by atoms with Gasteiger partial charge in [0.15, 0.2) is 0 Å². The maximum absolute atomic E-state index is 11.8. The molecule has 1 N–H and O–H groups in total. The van der Waals surface area contributed by atoms with Crippen molar-refractivity contribution >= 4 is 34.5 Å². The second-order valence-electron chi connectivity index (χ2n) is 3.88. The SMILES string of the molecule is COC(=O)C(I)CNC(=O)C1(C)CCCO1. The van der Waals surface area contributed by atoms with E-state index >= 15 is 0 Å². The van der Waals surface area contributed by atoms with Crippen molar-refractivity contribution in [1.29, 1.82) is 0 Å². The summed E-state index contributed by atoms with van der Waals surface area (Å²) >= 11 is 1.94. The van der Waals surface area contributed by atoms with Crippen LogP contribution >= 0.6 is 22.6 Å². The highest BCUT2D eigenvalue weighted by Gasteiger charge is 2.37. The molecule has 5 nitrogen and oxygen atoms in total. The molecule has 1 aliphatic heterocycles. The first-order valence-electron chi connectivity index (χ1n) is 5.14. The summed E-state index contributed by atoms with van der Waals surface area (Å²) in [7, 11) is 1.33. The molecule has 0 radical (unpaired) electrons. The monoisotopic (exact) mass is 341 g/mol. The Hall–Kier alpha value is -0.370. The number of methoxy groups -OCH3 is 1. The lowest BCUT2D eigenvalue weighted by molar-refractivity contribution is -0.141. The van der Waals surface area contributed by atoms with Gasteiger partial charge in [-0.15, -0.1) is 0 Å². The van der Waals surface area contributed by atoms with E-state index < -0.39 is 5.60 Å². The molecular formula is C10H16INO4. The number of hydrogen-bond acceptors (Lipinski definition) is 4. The lowest BCUT2D eigenvalue weighted by Gasteiger charge is -2.22. The molecule has 2 atom stereocenters. The summed E-state index contributed by atoms with van der Waals surface area (Å²) in [5.74, 6) is -0.492. The largest absolute Gasteiger partial charge is 0.468 e. The first kappa shape index (κ1) is 13.7. The van der Waals surface area contributed by atoms with Gasteiger partial charge in [-0.1, -0.05) is 22.6 Å². The number of halogens is 1. The van der Waals surface area contributed by atoms with E-state index in [1.165, 1.54) is 7.11 Å². The fourth-order valence-electron chi connectivity index (χ4n) is 1.54. The molecule has 1 heterocycles. The van der Waals surface area contributed by atoms with E-state index in [0.717, 1.165) is 12.8 Å². The molecule has 1 saturated heterocycles. The Morgan fingerprint density at radius 2 is 2.31 bits per heavy atom. The van der Waals surface area contributed by atoms with Crippen molar-refractivity contribution in [2.75, 3.05) is 20.3 Å². The van der Waals surface area contributed by atoms with Gasteiger partial charge in [-0.2, -0.15) is 0 Å². The van der Waals surface area contributed by atoms with Crippen molar-refractivity contribution in [2.24, 2.45) is 0 Å². The molecule has 6 heteroatoms. The van der Waals surface area contributed by atoms with Crippen LogP contribution in [0.5, 0.6) is 0 Å². The quantitative estimate of drug-likeness (QED) is 0.463. The molecule has 0 bridgehead atoms. The molecule has 0 aromatic heterocycles. The molecule has 1 amide bonds. The maximum Gasteiger partial charge on any atom is 0.320 e. The number of amides is 1. The molecule has 92 valence electrons. The average Bonchev–Trinajstić information content (AvgIpc) is 2.72. The van der Waals surface area contributed by atoms with Crippen LogP contribution in [0, 0.1) is 0 Å². The van der Waals surface area contributed by atoms with Crippen LogP contribution in [0.15, 0.2) is 0 Å². The van der Waals surface area contributed by atoms with Crippen molar-refractivity contribution in [3.63, 3.8) is 0 Å².